The second-order valence-electron chi connectivity index (χ2n) is 7.14. The number of carbonyl (C=O) groups excluding carboxylic acids is 1. The summed E-state index contributed by atoms with van der Waals surface area (Å²) in [4.78, 5) is 21.5. The van der Waals surface area contributed by atoms with Crippen LogP contribution in [-0.4, -0.2) is 22.0 Å². The van der Waals surface area contributed by atoms with Crippen LogP contribution in [-0.2, 0) is 5.75 Å². The predicted octanol–water partition coefficient (Wildman–Crippen LogP) is 5.43. The number of hydrogen-bond acceptors (Lipinski definition) is 5. The molecule has 150 valence electrons. The molecule has 0 aliphatic carbocycles. The summed E-state index contributed by atoms with van der Waals surface area (Å²) < 4.78 is 5.65. The van der Waals surface area contributed by atoms with Crippen LogP contribution < -0.4 is 10.1 Å². The van der Waals surface area contributed by atoms with Gasteiger partial charge in [-0.2, -0.15) is 0 Å². The van der Waals surface area contributed by atoms with Crippen molar-refractivity contribution in [2.24, 2.45) is 0 Å². The quantitative estimate of drug-likeness (QED) is 0.530. The number of rotatable bonds is 7. The van der Waals surface area contributed by atoms with Crippen LogP contribution in [0, 0.1) is 13.8 Å². The standard InChI is InChI=1S/C23H25N3O2S/c1-15(2)28-21-13-18(7-9-24-21)14-29-23-20(6-5-8-25-23)22(27)26-19-11-16(3)10-17(4)12-19/h5-13,15H,14H2,1-4H3,(H,26,27). The maximum Gasteiger partial charge on any atom is 0.258 e. The molecule has 0 unspecified atom stereocenters. The van der Waals surface area contributed by atoms with Gasteiger partial charge < -0.3 is 10.1 Å². The van der Waals surface area contributed by atoms with Gasteiger partial charge in [-0.05, 0) is 74.7 Å². The minimum Gasteiger partial charge on any atom is -0.475 e. The van der Waals surface area contributed by atoms with Gasteiger partial charge in [-0.3, -0.25) is 4.79 Å². The van der Waals surface area contributed by atoms with Gasteiger partial charge in [-0.25, -0.2) is 9.97 Å². The lowest BCUT2D eigenvalue weighted by Crippen LogP contribution is -2.14. The van der Waals surface area contributed by atoms with Gasteiger partial charge in [0.05, 0.1) is 11.7 Å². The number of nitrogens with zero attached hydrogens (tertiary/aromatic N) is 2. The first-order chi connectivity index (χ1) is 13.9. The van der Waals surface area contributed by atoms with Crippen molar-refractivity contribution in [2.45, 2.75) is 44.6 Å². The summed E-state index contributed by atoms with van der Waals surface area (Å²) in [6, 6.07) is 13.4. The number of thioether (sulfide) groups is 1. The zero-order valence-electron chi connectivity index (χ0n) is 17.1. The third-order valence-electron chi connectivity index (χ3n) is 4.03. The van der Waals surface area contributed by atoms with Crippen molar-refractivity contribution < 1.29 is 9.53 Å². The molecule has 0 aliphatic heterocycles. The van der Waals surface area contributed by atoms with E-state index in [0.29, 0.717) is 22.2 Å². The number of benzene rings is 1. The Morgan fingerprint density at radius 1 is 1.07 bits per heavy atom. The lowest BCUT2D eigenvalue weighted by Gasteiger charge is -2.11. The molecule has 2 aromatic heterocycles. The second kappa shape index (κ2) is 9.56. The van der Waals surface area contributed by atoms with Gasteiger partial charge in [-0.1, -0.05) is 6.07 Å². The molecule has 1 N–H and O–H groups in total. The smallest absolute Gasteiger partial charge is 0.258 e. The zero-order chi connectivity index (χ0) is 20.8. The van der Waals surface area contributed by atoms with Crippen LogP contribution in [0.3, 0.4) is 0 Å². The van der Waals surface area contributed by atoms with E-state index in [1.807, 2.05) is 52.0 Å². The average Bonchev–Trinajstić information content (AvgIpc) is 2.65. The maximum absolute atomic E-state index is 12.8. The Hall–Kier alpha value is -2.86. The van der Waals surface area contributed by atoms with Gasteiger partial charge in [0.2, 0.25) is 5.88 Å². The Balaban J connectivity index is 1.72. The summed E-state index contributed by atoms with van der Waals surface area (Å²) in [5, 5.41) is 3.68. The number of hydrogen-bond donors (Lipinski definition) is 1. The van der Waals surface area contributed by atoms with E-state index in [9.17, 15) is 4.79 Å². The molecule has 0 atom stereocenters. The fourth-order valence-electron chi connectivity index (χ4n) is 2.92. The van der Waals surface area contributed by atoms with Gasteiger partial charge in [0, 0.05) is 29.9 Å². The number of carbonyl (C=O) groups is 1. The van der Waals surface area contributed by atoms with Gasteiger partial charge >= 0.3 is 0 Å². The molecule has 1 amide bonds. The van der Waals surface area contributed by atoms with E-state index < -0.39 is 0 Å². The molecule has 3 aromatic rings. The number of aryl methyl sites for hydroxylation is 2. The number of anilines is 1. The van der Waals surface area contributed by atoms with Crippen molar-refractivity contribution in [2.75, 3.05) is 5.32 Å². The van der Waals surface area contributed by atoms with Crippen molar-refractivity contribution in [3.8, 4) is 5.88 Å². The maximum atomic E-state index is 12.8. The van der Waals surface area contributed by atoms with Crippen LogP contribution >= 0.6 is 11.8 Å². The third-order valence-corrected chi connectivity index (χ3v) is 5.10. The monoisotopic (exact) mass is 407 g/mol. The topological polar surface area (TPSA) is 64.1 Å². The number of amides is 1. The Morgan fingerprint density at radius 2 is 1.83 bits per heavy atom. The summed E-state index contributed by atoms with van der Waals surface area (Å²) in [5.41, 5.74) is 4.63. The Morgan fingerprint density at radius 3 is 2.55 bits per heavy atom. The van der Waals surface area contributed by atoms with Gasteiger partial charge in [0.25, 0.3) is 5.91 Å². The number of aromatic nitrogens is 2. The van der Waals surface area contributed by atoms with Crippen LogP contribution in [0.2, 0.25) is 0 Å². The van der Waals surface area contributed by atoms with Crippen molar-refractivity contribution in [3.63, 3.8) is 0 Å². The first-order valence-electron chi connectivity index (χ1n) is 9.50. The van der Waals surface area contributed by atoms with E-state index in [1.165, 1.54) is 11.8 Å². The van der Waals surface area contributed by atoms with Crippen LogP contribution in [0.5, 0.6) is 5.88 Å². The molecule has 0 aliphatic rings. The Kier molecular flexibility index (Phi) is 6.88. The molecular formula is C23H25N3O2S. The van der Waals surface area contributed by atoms with E-state index in [2.05, 4.69) is 21.4 Å². The fourth-order valence-corrected chi connectivity index (χ4v) is 3.86. The Labute approximate surface area is 175 Å². The molecule has 0 saturated heterocycles. The largest absolute Gasteiger partial charge is 0.475 e. The Bertz CT molecular complexity index is 985. The molecule has 0 saturated carbocycles. The van der Waals surface area contributed by atoms with Crippen LogP contribution in [0.25, 0.3) is 0 Å². The van der Waals surface area contributed by atoms with Crippen molar-refractivity contribution in [1.82, 2.24) is 9.97 Å². The third kappa shape index (κ3) is 6.06. The van der Waals surface area contributed by atoms with Crippen LogP contribution in [0.1, 0.15) is 40.9 Å². The first-order valence-corrected chi connectivity index (χ1v) is 10.5. The lowest BCUT2D eigenvalue weighted by molar-refractivity contribution is 0.102. The normalized spacial score (nSPS) is 10.8. The highest BCUT2D eigenvalue weighted by Gasteiger charge is 2.14. The van der Waals surface area contributed by atoms with Crippen molar-refractivity contribution >= 4 is 23.4 Å². The van der Waals surface area contributed by atoms with Crippen molar-refractivity contribution in [1.29, 1.82) is 0 Å². The highest BCUT2D eigenvalue weighted by molar-refractivity contribution is 7.98. The fraction of sp³-hybridized carbons (Fsp3) is 0.261. The molecule has 0 radical (unpaired) electrons. The minimum absolute atomic E-state index is 0.0711. The van der Waals surface area contributed by atoms with Crippen LogP contribution in [0.15, 0.2) is 59.9 Å². The van der Waals surface area contributed by atoms with E-state index >= 15 is 0 Å². The molecule has 0 spiro atoms. The highest BCUT2D eigenvalue weighted by Crippen LogP contribution is 2.26. The van der Waals surface area contributed by atoms with E-state index in [4.69, 9.17) is 4.74 Å². The van der Waals surface area contributed by atoms with Crippen molar-refractivity contribution in [3.05, 3.63) is 77.1 Å². The molecular weight excluding hydrogens is 382 g/mol. The molecule has 0 bridgehead atoms. The molecule has 29 heavy (non-hydrogen) atoms. The number of pyridine rings is 2. The molecule has 2 heterocycles. The molecule has 6 heteroatoms. The predicted molar refractivity (Wildman–Crippen MR) is 118 cm³/mol. The van der Waals surface area contributed by atoms with E-state index in [1.54, 1.807) is 24.5 Å². The second-order valence-corrected chi connectivity index (χ2v) is 8.11. The summed E-state index contributed by atoms with van der Waals surface area (Å²) in [7, 11) is 0. The van der Waals surface area contributed by atoms with Gasteiger partial charge in [0.1, 0.15) is 5.03 Å². The number of nitrogens with one attached hydrogen (secondary N) is 1. The first kappa shape index (κ1) is 20.9. The van der Waals surface area contributed by atoms with E-state index in [0.717, 1.165) is 22.4 Å². The average molecular weight is 408 g/mol. The SMILES string of the molecule is Cc1cc(C)cc(NC(=O)c2cccnc2SCc2ccnc(OC(C)C)c2)c1. The minimum atomic E-state index is -0.163. The molecule has 5 nitrogen and oxygen atoms in total. The molecule has 0 fully saturated rings. The van der Waals surface area contributed by atoms with Gasteiger partial charge in [0.15, 0.2) is 0 Å². The summed E-state index contributed by atoms with van der Waals surface area (Å²) >= 11 is 1.52. The number of ether oxygens (including phenoxy) is 1. The van der Waals surface area contributed by atoms with E-state index in [-0.39, 0.29) is 12.0 Å². The summed E-state index contributed by atoms with van der Waals surface area (Å²) in [6.07, 6.45) is 3.51. The lowest BCUT2D eigenvalue weighted by atomic mass is 10.1. The summed E-state index contributed by atoms with van der Waals surface area (Å²) in [5.74, 6) is 1.11. The molecule has 3 rings (SSSR count). The van der Waals surface area contributed by atoms with Gasteiger partial charge in [-0.15, -0.1) is 11.8 Å². The molecule has 1 aromatic carbocycles. The highest BCUT2D eigenvalue weighted by atomic mass is 32.2. The zero-order valence-corrected chi connectivity index (χ0v) is 17.9. The van der Waals surface area contributed by atoms with Crippen LogP contribution in [0.4, 0.5) is 5.69 Å². The summed E-state index contributed by atoms with van der Waals surface area (Å²) in [6.45, 7) is 7.97.